The molecule has 0 unspecified atom stereocenters. The molecule has 1 aromatic carbocycles. The fraction of sp³-hybridized carbons (Fsp3) is 0.267. The van der Waals surface area contributed by atoms with E-state index in [1.807, 2.05) is 12.1 Å². The molecule has 3 rings (SSSR count). The van der Waals surface area contributed by atoms with Gasteiger partial charge in [0, 0.05) is 12.2 Å². The standard InChI is InChI=1S/C15H16N2OS/c16-13-2-4-15(17-10-13)19-8-6-11-1-3-14-12(9-11)5-7-18-14/h1-4,9-10H,5-8,16H2. The molecule has 2 aromatic rings. The van der Waals surface area contributed by atoms with Gasteiger partial charge in [-0.2, -0.15) is 0 Å². The summed E-state index contributed by atoms with van der Waals surface area (Å²) in [5.74, 6) is 2.08. The maximum Gasteiger partial charge on any atom is 0.122 e. The smallest absolute Gasteiger partial charge is 0.122 e. The lowest BCUT2D eigenvalue weighted by molar-refractivity contribution is 0.357. The minimum Gasteiger partial charge on any atom is -0.493 e. The highest BCUT2D eigenvalue weighted by molar-refractivity contribution is 7.99. The van der Waals surface area contributed by atoms with Crippen molar-refractivity contribution in [2.45, 2.75) is 17.9 Å². The quantitative estimate of drug-likeness (QED) is 0.869. The van der Waals surface area contributed by atoms with E-state index in [0.717, 1.165) is 36.0 Å². The van der Waals surface area contributed by atoms with Crippen LogP contribution in [0.5, 0.6) is 5.75 Å². The third-order valence-electron chi connectivity index (χ3n) is 3.15. The van der Waals surface area contributed by atoms with Crippen molar-refractivity contribution in [2.75, 3.05) is 18.1 Å². The second kappa shape index (κ2) is 5.53. The Bertz CT molecular complexity index is 569. The van der Waals surface area contributed by atoms with Gasteiger partial charge in [-0.3, -0.25) is 0 Å². The Morgan fingerprint density at radius 2 is 2.21 bits per heavy atom. The average molecular weight is 272 g/mol. The number of aromatic nitrogens is 1. The van der Waals surface area contributed by atoms with Crippen LogP contribution in [0, 0.1) is 0 Å². The van der Waals surface area contributed by atoms with Gasteiger partial charge in [-0.15, -0.1) is 11.8 Å². The highest BCUT2D eigenvalue weighted by atomic mass is 32.2. The Morgan fingerprint density at radius 1 is 1.26 bits per heavy atom. The van der Waals surface area contributed by atoms with E-state index in [2.05, 4.69) is 23.2 Å². The van der Waals surface area contributed by atoms with Gasteiger partial charge >= 0.3 is 0 Å². The van der Waals surface area contributed by atoms with Crippen molar-refractivity contribution in [3.8, 4) is 5.75 Å². The van der Waals surface area contributed by atoms with E-state index >= 15 is 0 Å². The highest BCUT2D eigenvalue weighted by Gasteiger charge is 2.11. The van der Waals surface area contributed by atoms with Crippen LogP contribution in [0.3, 0.4) is 0 Å². The molecule has 0 fully saturated rings. The molecule has 0 atom stereocenters. The van der Waals surface area contributed by atoms with Gasteiger partial charge < -0.3 is 10.5 Å². The van der Waals surface area contributed by atoms with Gasteiger partial charge in [-0.1, -0.05) is 12.1 Å². The minimum absolute atomic E-state index is 0.711. The number of nitrogens with zero attached hydrogens (tertiary/aromatic N) is 1. The molecule has 98 valence electrons. The zero-order chi connectivity index (χ0) is 13.1. The molecule has 3 nitrogen and oxygen atoms in total. The second-order valence-corrected chi connectivity index (χ2v) is 5.68. The summed E-state index contributed by atoms with van der Waals surface area (Å²) in [6, 6.07) is 10.4. The van der Waals surface area contributed by atoms with Crippen LogP contribution < -0.4 is 10.5 Å². The monoisotopic (exact) mass is 272 g/mol. The summed E-state index contributed by atoms with van der Waals surface area (Å²) in [5, 5.41) is 1.03. The van der Waals surface area contributed by atoms with E-state index < -0.39 is 0 Å². The summed E-state index contributed by atoms with van der Waals surface area (Å²) < 4.78 is 5.51. The van der Waals surface area contributed by atoms with Gasteiger partial charge in [0.15, 0.2) is 0 Å². The Morgan fingerprint density at radius 3 is 3.05 bits per heavy atom. The fourth-order valence-electron chi connectivity index (χ4n) is 2.15. The predicted octanol–water partition coefficient (Wildman–Crippen LogP) is 2.93. The predicted molar refractivity (Wildman–Crippen MR) is 78.7 cm³/mol. The van der Waals surface area contributed by atoms with Gasteiger partial charge in [-0.25, -0.2) is 4.98 Å². The number of rotatable bonds is 4. The minimum atomic E-state index is 0.711. The molecule has 0 radical (unpaired) electrons. The molecule has 4 heteroatoms. The lowest BCUT2D eigenvalue weighted by atomic mass is 10.1. The summed E-state index contributed by atoms with van der Waals surface area (Å²) in [7, 11) is 0. The molecule has 0 aliphatic carbocycles. The number of hydrogen-bond acceptors (Lipinski definition) is 4. The van der Waals surface area contributed by atoms with E-state index in [4.69, 9.17) is 10.5 Å². The van der Waals surface area contributed by atoms with E-state index in [1.54, 1.807) is 18.0 Å². The van der Waals surface area contributed by atoms with E-state index in [1.165, 1.54) is 11.1 Å². The Labute approximate surface area is 117 Å². The molecule has 19 heavy (non-hydrogen) atoms. The van der Waals surface area contributed by atoms with Crippen LogP contribution in [-0.4, -0.2) is 17.3 Å². The Hall–Kier alpha value is -1.68. The first kappa shape index (κ1) is 12.4. The fourth-order valence-corrected chi connectivity index (χ4v) is 2.98. The number of thioether (sulfide) groups is 1. The van der Waals surface area contributed by atoms with Gasteiger partial charge in [0.2, 0.25) is 0 Å². The molecule has 1 aliphatic heterocycles. The number of hydrogen-bond donors (Lipinski definition) is 1. The van der Waals surface area contributed by atoms with Crippen LogP contribution in [0.1, 0.15) is 11.1 Å². The van der Waals surface area contributed by atoms with Gasteiger partial charge in [0.25, 0.3) is 0 Å². The molecular formula is C15H16N2OS. The summed E-state index contributed by atoms with van der Waals surface area (Å²) in [4.78, 5) is 4.29. The lowest BCUT2D eigenvalue weighted by Crippen LogP contribution is -1.92. The molecule has 0 spiro atoms. The van der Waals surface area contributed by atoms with E-state index in [-0.39, 0.29) is 0 Å². The molecule has 0 saturated heterocycles. The number of aryl methyl sites for hydroxylation is 1. The SMILES string of the molecule is Nc1ccc(SCCc2ccc3c(c2)CCO3)nc1. The second-order valence-electron chi connectivity index (χ2n) is 4.57. The van der Waals surface area contributed by atoms with Crippen LogP contribution in [0.2, 0.25) is 0 Å². The number of benzene rings is 1. The third-order valence-corrected chi connectivity index (χ3v) is 4.10. The van der Waals surface area contributed by atoms with Gasteiger partial charge in [-0.05, 0) is 35.7 Å². The largest absolute Gasteiger partial charge is 0.493 e. The van der Waals surface area contributed by atoms with Gasteiger partial charge in [0.1, 0.15) is 5.75 Å². The van der Waals surface area contributed by atoms with Crippen molar-refractivity contribution in [3.63, 3.8) is 0 Å². The number of anilines is 1. The number of nitrogen functional groups attached to an aromatic ring is 1. The van der Waals surface area contributed by atoms with Crippen LogP contribution in [-0.2, 0) is 12.8 Å². The molecule has 1 aliphatic rings. The van der Waals surface area contributed by atoms with Crippen molar-refractivity contribution < 1.29 is 4.74 Å². The Kier molecular flexibility index (Phi) is 3.60. The molecule has 2 N–H and O–H groups in total. The maximum atomic E-state index is 5.61. The number of pyridine rings is 1. The van der Waals surface area contributed by atoms with Crippen molar-refractivity contribution in [1.29, 1.82) is 0 Å². The van der Waals surface area contributed by atoms with Crippen LogP contribution in [0.15, 0.2) is 41.6 Å². The first-order valence-electron chi connectivity index (χ1n) is 6.40. The number of fused-ring (bicyclic) bond motifs is 1. The summed E-state index contributed by atoms with van der Waals surface area (Å²) >= 11 is 1.76. The zero-order valence-corrected chi connectivity index (χ0v) is 11.5. The van der Waals surface area contributed by atoms with E-state index in [9.17, 15) is 0 Å². The number of ether oxygens (including phenoxy) is 1. The normalized spacial score (nSPS) is 13.1. The first-order valence-corrected chi connectivity index (χ1v) is 7.39. The van der Waals surface area contributed by atoms with E-state index in [0.29, 0.717) is 5.69 Å². The first-order chi connectivity index (χ1) is 9.31. The van der Waals surface area contributed by atoms with Crippen molar-refractivity contribution in [3.05, 3.63) is 47.7 Å². The molecule has 1 aromatic heterocycles. The molecule has 0 saturated carbocycles. The lowest BCUT2D eigenvalue weighted by Gasteiger charge is -2.04. The van der Waals surface area contributed by atoms with Crippen LogP contribution in [0.25, 0.3) is 0 Å². The zero-order valence-electron chi connectivity index (χ0n) is 10.6. The molecular weight excluding hydrogens is 256 g/mol. The average Bonchev–Trinajstić information content (AvgIpc) is 2.88. The van der Waals surface area contributed by atoms with Crippen molar-refractivity contribution in [2.24, 2.45) is 0 Å². The summed E-state index contributed by atoms with van der Waals surface area (Å²) in [6.45, 7) is 0.822. The van der Waals surface area contributed by atoms with Crippen molar-refractivity contribution >= 4 is 17.4 Å². The molecule has 0 amide bonds. The third kappa shape index (κ3) is 3.01. The number of nitrogens with two attached hydrogens (primary N) is 1. The van der Waals surface area contributed by atoms with Gasteiger partial charge in [0.05, 0.1) is 23.5 Å². The summed E-state index contributed by atoms with van der Waals surface area (Å²) in [5.41, 5.74) is 9.03. The topological polar surface area (TPSA) is 48.1 Å². The highest BCUT2D eigenvalue weighted by Crippen LogP contribution is 2.26. The summed E-state index contributed by atoms with van der Waals surface area (Å²) in [6.07, 6.45) is 3.79. The van der Waals surface area contributed by atoms with Crippen molar-refractivity contribution in [1.82, 2.24) is 4.98 Å². The van der Waals surface area contributed by atoms with Crippen LogP contribution in [0.4, 0.5) is 5.69 Å². The molecule has 0 bridgehead atoms. The van der Waals surface area contributed by atoms with Crippen LogP contribution >= 0.6 is 11.8 Å². The molecule has 2 heterocycles. The maximum absolute atomic E-state index is 5.61. The Balaban J connectivity index is 1.56.